The highest BCUT2D eigenvalue weighted by atomic mass is 19.1. The first-order valence-electron chi connectivity index (χ1n) is 6.42. The summed E-state index contributed by atoms with van der Waals surface area (Å²) >= 11 is 0. The zero-order valence-electron chi connectivity index (χ0n) is 11.7. The molecule has 2 aromatic rings. The Hall–Kier alpha value is -2.11. The van der Waals surface area contributed by atoms with Crippen LogP contribution in [0, 0.1) is 18.6 Å². The molecule has 2 rings (SSSR count). The zero-order chi connectivity index (χ0) is 14.9. The fourth-order valence-electron chi connectivity index (χ4n) is 1.95. The van der Waals surface area contributed by atoms with Crippen LogP contribution in [-0.2, 0) is 6.54 Å². The normalized spacial score (nSPS) is 11.1. The van der Waals surface area contributed by atoms with Crippen LogP contribution in [0.1, 0.15) is 31.1 Å². The average Bonchev–Trinajstić information content (AvgIpc) is 2.65. The van der Waals surface area contributed by atoms with E-state index in [0.717, 1.165) is 11.8 Å². The molecule has 0 aliphatic carbocycles. The summed E-state index contributed by atoms with van der Waals surface area (Å²) in [5.74, 6) is -0.515. The smallest absolute Gasteiger partial charge is 0.148 e. The van der Waals surface area contributed by atoms with Gasteiger partial charge in [0, 0.05) is 24.2 Å². The molecule has 4 nitrogen and oxygen atoms in total. The molecule has 0 radical (unpaired) electrons. The lowest BCUT2D eigenvalue weighted by atomic mass is 10.2. The van der Waals surface area contributed by atoms with E-state index in [2.05, 4.69) is 10.4 Å². The quantitative estimate of drug-likeness (QED) is 0.904. The second-order valence-electron chi connectivity index (χ2n) is 4.98. The highest BCUT2D eigenvalue weighted by molar-refractivity contribution is 5.65. The fourth-order valence-corrected chi connectivity index (χ4v) is 1.95. The molecule has 0 saturated carbocycles. The maximum atomic E-state index is 13.6. The molecule has 1 aromatic heterocycles. The van der Waals surface area contributed by atoms with E-state index in [9.17, 15) is 8.78 Å². The topological polar surface area (TPSA) is 55.9 Å². The standard InChI is InChI=1S/C14H18F2N4/c1-8(2)20-14(13(17)9(3)19-20)18-7-10-4-5-11(15)6-12(10)16/h4-6,8,18H,7,17H2,1-3H3. The number of nitrogens with two attached hydrogens (primary N) is 1. The number of nitrogens with zero attached hydrogens (tertiary/aromatic N) is 2. The van der Waals surface area contributed by atoms with Crippen LogP contribution in [0.5, 0.6) is 0 Å². The summed E-state index contributed by atoms with van der Waals surface area (Å²) in [7, 11) is 0. The van der Waals surface area contributed by atoms with Crippen molar-refractivity contribution in [2.24, 2.45) is 0 Å². The molecule has 1 heterocycles. The number of anilines is 2. The van der Waals surface area contributed by atoms with Gasteiger partial charge in [-0.2, -0.15) is 5.10 Å². The van der Waals surface area contributed by atoms with Crippen molar-refractivity contribution < 1.29 is 8.78 Å². The monoisotopic (exact) mass is 280 g/mol. The van der Waals surface area contributed by atoms with E-state index in [4.69, 9.17) is 5.73 Å². The van der Waals surface area contributed by atoms with Crippen molar-refractivity contribution in [3.8, 4) is 0 Å². The number of benzene rings is 1. The molecule has 0 atom stereocenters. The van der Waals surface area contributed by atoms with Gasteiger partial charge in [0.2, 0.25) is 0 Å². The average molecular weight is 280 g/mol. The summed E-state index contributed by atoms with van der Waals surface area (Å²) < 4.78 is 28.2. The van der Waals surface area contributed by atoms with Crippen molar-refractivity contribution in [3.63, 3.8) is 0 Å². The van der Waals surface area contributed by atoms with Crippen molar-refractivity contribution in [3.05, 3.63) is 41.1 Å². The zero-order valence-corrected chi connectivity index (χ0v) is 11.7. The van der Waals surface area contributed by atoms with E-state index in [1.165, 1.54) is 12.1 Å². The minimum Gasteiger partial charge on any atom is -0.394 e. The second kappa shape index (κ2) is 5.48. The molecule has 0 saturated heterocycles. The molecule has 0 spiro atoms. The Morgan fingerprint density at radius 3 is 2.65 bits per heavy atom. The number of nitrogens with one attached hydrogen (secondary N) is 1. The van der Waals surface area contributed by atoms with Gasteiger partial charge in [-0.1, -0.05) is 6.07 Å². The lowest BCUT2D eigenvalue weighted by Crippen LogP contribution is -2.11. The second-order valence-corrected chi connectivity index (χ2v) is 4.98. The first-order valence-corrected chi connectivity index (χ1v) is 6.42. The molecule has 1 aromatic carbocycles. The predicted octanol–water partition coefficient (Wildman–Crippen LogP) is 3.24. The third kappa shape index (κ3) is 2.74. The summed E-state index contributed by atoms with van der Waals surface area (Å²) in [6, 6.07) is 3.64. The van der Waals surface area contributed by atoms with Gasteiger partial charge in [-0.15, -0.1) is 0 Å². The van der Waals surface area contributed by atoms with Crippen molar-refractivity contribution in [2.45, 2.75) is 33.4 Å². The van der Waals surface area contributed by atoms with Crippen LogP contribution in [0.4, 0.5) is 20.3 Å². The minimum absolute atomic E-state index is 0.131. The molecule has 0 aliphatic rings. The van der Waals surface area contributed by atoms with Crippen LogP contribution in [0.15, 0.2) is 18.2 Å². The molecule has 20 heavy (non-hydrogen) atoms. The number of aryl methyl sites for hydroxylation is 1. The van der Waals surface area contributed by atoms with E-state index < -0.39 is 11.6 Å². The Kier molecular flexibility index (Phi) is 3.92. The molecule has 6 heteroatoms. The van der Waals surface area contributed by atoms with Crippen molar-refractivity contribution >= 4 is 11.5 Å². The number of rotatable bonds is 4. The van der Waals surface area contributed by atoms with Gasteiger partial charge in [0.05, 0.1) is 11.4 Å². The molecule has 0 bridgehead atoms. The van der Waals surface area contributed by atoms with Gasteiger partial charge in [0.15, 0.2) is 0 Å². The Morgan fingerprint density at radius 2 is 2.05 bits per heavy atom. The molecular formula is C14H18F2N4. The molecule has 108 valence electrons. The summed E-state index contributed by atoms with van der Waals surface area (Å²) in [5, 5.41) is 7.41. The highest BCUT2D eigenvalue weighted by Gasteiger charge is 2.15. The van der Waals surface area contributed by atoms with Crippen LogP contribution >= 0.6 is 0 Å². The van der Waals surface area contributed by atoms with Crippen molar-refractivity contribution in [1.29, 1.82) is 0 Å². The molecule has 0 amide bonds. The third-order valence-corrected chi connectivity index (χ3v) is 3.08. The summed E-state index contributed by atoms with van der Waals surface area (Å²) in [4.78, 5) is 0. The maximum Gasteiger partial charge on any atom is 0.148 e. The van der Waals surface area contributed by atoms with Gasteiger partial charge in [0.25, 0.3) is 0 Å². The van der Waals surface area contributed by atoms with Crippen molar-refractivity contribution in [1.82, 2.24) is 9.78 Å². The van der Waals surface area contributed by atoms with E-state index in [1.54, 1.807) is 4.68 Å². The Bertz CT molecular complexity index is 620. The van der Waals surface area contributed by atoms with Crippen LogP contribution in [0.2, 0.25) is 0 Å². The largest absolute Gasteiger partial charge is 0.394 e. The molecule has 3 N–H and O–H groups in total. The Morgan fingerprint density at radius 1 is 1.35 bits per heavy atom. The number of hydrogen-bond acceptors (Lipinski definition) is 3. The van der Waals surface area contributed by atoms with Gasteiger partial charge in [-0.05, 0) is 26.8 Å². The molecule has 0 aliphatic heterocycles. The SMILES string of the molecule is Cc1nn(C(C)C)c(NCc2ccc(F)cc2F)c1N. The predicted molar refractivity (Wildman–Crippen MR) is 75.4 cm³/mol. The number of halogens is 2. The van der Waals surface area contributed by atoms with Crippen LogP contribution in [0.25, 0.3) is 0 Å². The maximum absolute atomic E-state index is 13.6. The molecular weight excluding hydrogens is 262 g/mol. The summed E-state index contributed by atoms with van der Waals surface area (Å²) in [6.07, 6.45) is 0. The van der Waals surface area contributed by atoms with Crippen LogP contribution in [0.3, 0.4) is 0 Å². The van der Waals surface area contributed by atoms with Gasteiger partial charge in [0.1, 0.15) is 17.5 Å². The van der Waals surface area contributed by atoms with Gasteiger partial charge >= 0.3 is 0 Å². The van der Waals surface area contributed by atoms with Crippen LogP contribution in [-0.4, -0.2) is 9.78 Å². The van der Waals surface area contributed by atoms with Crippen LogP contribution < -0.4 is 11.1 Å². The lowest BCUT2D eigenvalue weighted by molar-refractivity contribution is 0.533. The minimum atomic E-state index is -0.589. The molecule has 0 fully saturated rings. The van der Waals surface area contributed by atoms with Gasteiger partial charge < -0.3 is 11.1 Å². The first-order chi connectivity index (χ1) is 9.40. The van der Waals surface area contributed by atoms with E-state index in [0.29, 0.717) is 17.1 Å². The lowest BCUT2D eigenvalue weighted by Gasteiger charge is -2.13. The highest BCUT2D eigenvalue weighted by Crippen LogP contribution is 2.26. The van der Waals surface area contributed by atoms with Gasteiger partial charge in [-0.3, -0.25) is 0 Å². The number of nitrogen functional groups attached to an aromatic ring is 1. The van der Waals surface area contributed by atoms with E-state index in [1.807, 2.05) is 20.8 Å². The Labute approximate surface area is 116 Å². The molecule has 0 unspecified atom stereocenters. The fraction of sp³-hybridized carbons (Fsp3) is 0.357. The summed E-state index contributed by atoms with van der Waals surface area (Å²) in [6.45, 7) is 6.00. The summed E-state index contributed by atoms with van der Waals surface area (Å²) in [5.41, 5.74) is 7.61. The van der Waals surface area contributed by atoms with Gasteiger partial charge in [-0.25, -0.2) is 13.5 Å². The van der Waals surface area contributed by atoms with E-state index >= 15 is 0 Å². The number of hydrogen-bond donors (Lipinski definition) is 2. The Balaban J connectivity index is 2.22. The van der Waals surface area contributed by atoms with Crippen molar-refractivity contribution in [2.75, 3.05) is 11.1 Å². The third-order valence-electron chi connectivity index (χ3n) is 3.08. The number of aromatic nitrogens is 2. The first kappa shape index (κ1) is 14.3. The van der Waals surface area contributed by atoms with E-state index in [-0.39, 0.29) is 12.6 Å².